The Hall–Kier alpha value is -1.77. The summed E-state index contributed by atoms with van der Waals surface area (Å²) in [5.74, 6) is -0.874. The Kier molecular flexibility index (Phi) is 6.29. The predicted octanol–water partition coefficient (Wildman–Crippen LogP) is 3.77. The standard InChI is InChI=1S/C19H20BrFN2O3S/c20-16-2-1-3-18(12-16)22-19(24)15-8-10-23(11-9-15)27(25,26)13-14-4-6-17(21)7-5-14/h1-7,12,15H,8-11,13H2,(H,22,24). The lowest BCUT2D eigenvalue weighted by molar-refractivity contribution is -0.120. The summed E-state index contributed by atoms with van der Waals surface area (Å²) in [4.78, 5) is 12.4. The molecule has 1 N–H and O–H groups in total. The number of nitrogens with zero attached hydrogens (tertiary/aromatic N) is 1. The van der Waals surface area contributed by atoms with E-state index < -0.39 is 15.8 Å². The van der Waals surface area contributed by atoms with Gasteiger partial charge in [-0.05, 0) is 48.7 Å². The third-order valence-corrected chi connectivity index (χ3v) is 6.92. The Balaban J connectivity index is 1.56. The first-order valence-electron chi connectivity index (χ1n) is 8.62. The lowest BCUT2D eigenvalue weighted by Crippen LogP contribution is -2.41. The van der Waals surface area contributed by atoms with Crippen molar-refractivity contribution in [3.8, 4) is 0 Å². The van der Waals surface area contributed by atoms with Gasteiger partial charge in [-0.2, -0.15) is 0 Å². The number of hydrogen-bond donors (Lipinski definition) is 1. The van der Waals surface area contributed by atoms with Crippen molar-refractivity contribution in [1.82, 2.24) is 4.31 Å². The number of halogens is 2. The van der Waals surface area contributed by atoms with E-state index in [2.05, 4.69) is 21.2 Å². The third-order valence-electron chi connectivity index (χ3n) is 4.57. The van der Waals surface area contributed by atoms with Crippen molar-refractivity contribution in [2.24, 2.45) is 5.92 Å². The maximum absolute atomic E-state index is 13.0. The molecule has 2 aromatic rings. The first-order valence-corrected chi connectivity index (χ1v) is 11.0. The average Bonchev–Trinajstić information content (AvgIpc) is 2.63. The van der Waals surface area contributed by atoms with E-state index in [0.29, 0.717) is 37.2 Å². The van der Waals surface area contributed by atoms with Crippen molar-refractivity contribution in [3.63, 3.8) is 0 Å². The molecule has 1 fully saturated rings. The van der Waals surface area contributed by atoms with Gasteiger partial charge in [0.05, 0.1) is 5.75 Å². The number of hydrogen-bond acceptors (Lipinski definition) is 3. The Bertz CT molecular complexity index is 911. The molecule has 0 saturated carbocycles. The van der Waals surface area contributed by atoms with Crippen molar-refractivity contribution >= 4 is 37.5 Å². The van der Waals surface area contributed by atoms with Gasteiger partial charge in [-0.15, -0.1) is 0 Å². The second kappa shape index (κ2) is 8.50. The summed E-state index contributed by atoms with van der Waals surface area (Å²) in [6.45, 7) is 0.611. The van der Waals surface area contributed by atoms with Crippen molar-refractivity contribution in [2.45, 2.75) is 18.6 Å². The third kappa shape index (κ3) is 5.37. The number of piperidine rings is 1. The molecule has 0 spiro atoms. The lowest BCUT2D eigenvalue weighted by Gasteiger charge is -2.30. The fraction of sp³-hybridized carbons (Fsp3) is 0.316. The first-order chi connectivity index (χ1) is 12.8. The van der Waals surface area contributed by atoms with E-state index in [1.54, 1.807) is 0 Å². The highest BCUT2D eigenvalue weighted by Crippen LogP contribution is 2.24. The quantitative estimate of drug-likeness (QED) is 0.747. The first kappa shape index (κ1) is 20.0. The SMILES string of the molecule is O=C(Nc1cccc(Br)c1)C1CCN(S(=O)(=O)Cc2ccc(F)cc2)CC1. The molecule has 1 heterocycles. The van der Waals surface area contributed by atoms with Gasteiger partial charge >= 0.3 is 0 Å². The second-order valence-corrected chi connectivity index (χ2v) is 9.44. The van der Waals surface area contributed by atoms with Gasteiger partial charge in [0.15, 0.2) is 0 Å². The van der Waals surface area contributed by atoms with E-state index in [0.717, 1.165) is 4.47 Å². The van der Waals surface area contributed by atoms with E-state index in [4.69, 9.17) is 0 Å². The van der Waals surface area contributed by atoms with Crippen molar-refractivity contribution in [1.29, 1.82) is 0 Å². The second-order valence-electron chi connectivity index (χ2n) is 6.56. The summed E-state index contributed by atoms with van der Waals surface area (Å²) in [6.07, 6.45) is 0.949. The zero-order valence-electron chi connectivity index (χ0n) is 14.6. The normalized spacial score (nSPS) is 16.2. The maximum atomic E-state index is 13.0. The van der Waals surface area contributed by atoms with E-state index in [-0.39, 0.29) is 17.6 Å². The number of carbonyl (C=O) groups excluding carboxylic acids is 1. The predicted molar refractivity (Wildman–Crippen MR) is 106 cm³/mol. The molecule has 5 nitrogen and oxygen atoms in total. The van der Waals surface area contributed by atoms with Crippen molar-refractivity contribution in [2.75, 3.05) is 18.4 Å². The topological polar surface area (TPSA) is 66.5 Å². The highest BCUT2D eigenvalue weighted by molar-refractivity contribution is 9.10. The molecule has 0 unspecified atom stereocenters. The zero-order chi connectivity index (χ0) is 19.4. The number of rotatable bonds is 5. The van der Waals surface area contributed by atoms with Gasteiger partial charge in [0.25, 0.3) is 0 Å². The summed E-state index contributed by atoms with van der Waals surface area (Å²) in [5.41, 5.74) is 1.26. The van der Waals surface area contributed by atoms with Gasteiger partial charge in [-0.25, -0.2) is 17.1 Å². The van der Waals surface area contributed by atoms with Crippen molar-refractivity contribution < 1.29 is 17.6 Å². The Morgan fingerprint density at radius 2 is 1.81 bits per heavy atom. The maximum Gasteiger partial charge on any atom is 0.227 e. The highest BCUT2D eigenvalue weighted by atomic mass is 79.9. The van der Waals surface area contributed by atoms with Crippen LogP contribution in [-0.4, -0.2) is 31.7 Å². The van der Waals surface area contributed by atoms with Gasteiger partial charge in [-0.3, -0.25) is 4.79 Å². The summed E-state index contributed by atoms with van der Waals surface area (Å²) < 4.78 is 40.4. The molecule has 1 aliphatic heterocycles. The number of benzene rings is 2. The summed E-state index contributed by atoms with van der Waals surface area (Å²) in [6, 6.07) is 12.8. The fourth-order valence-electron chi connectivity index (χ4n) is 3.09. The van der Waals surface area contributed by atoms with E-state index >= 15 is 0 Å². The minimum Gasteiger partial charge on any atom is -0.326 e. The molecular weight excluding hydrogens is 435 g/mol. The molecule has 27 heavy (non-hydrogen) atoms. The Morgan fingerprint density at radius 1 is 1.15 bits per heavy atom. The van der Waals surface area contributed by atoms with Gasteiger partial charge < -0.3 is 5.32 Å². The van der Waals surface area contributed by atoms with Gasteiger partial charge in [0, 0.05) is 29.2 Å². The van der Waals surface area contributed by atoms with Gasteiger partial charge in [0.1, 0.15) is 5.82 Å². The van der Waals surface area contributed by atoms with E-state index in [1.165, 1.54) is 28.6 Å². The van der Waals surface area contributed by atoms with Crippen LogP contribution in [0.1, 0.15) is 18.4 Å². The molecule has 2 aromatic carbocycles. The van der Waals surface area contributed by atoms with Crippen LogP contribution in [0.5, 0.6) is 0 Å². The smallest absolute Gasteiger partial charge is 0.227 e. The molecule has 3 rings (SSSR count). The number of anilines is 1. The molecule has 1 amide bonds. The van der Waals surface area contributed by atoms with Crippen LogP contribution in [0.25, 0.3) is 0 Å². The van der Waals surface area contributed by atoms with Crippen LogP contribution in [0.15, 0.2) is 53.0 Å². The zero-order valence-corrected chi connectivity index (χ0v) is 17.0. The van der Waals surface area contributed by atoms with Crippen LogP contribution in [0.4, 0.5) is 10.1 Å². The summed E-state index contributed by atoms with van der Waals surface area (Å²) >= 11 is 3.36. The van der Waals surface area contributed by atoms with E-state index in [9.17, 15) is 17.6 Å². The number of nitrogens with one attached hydrogen (secondary N) is 1. The van der Waals surface area contributed by atoms with Crippen LogP contribution in [0.2, 0.25) is 0 Å². The van der Waals surface area contributed by atoms with E-state index in [1.807, 2.05) is 24.3 Å². The molecule has 8 heteroatoms. The average molecular weight is 455 g/mol. The van der Waals surface area contributed by atoms with Gasteiger partial charge in [0.2, 0.25) is 15.9 Å². The van der Waals surface area contributed by atoms with Crippen molar-refractivity contribution in [3.05, 3.63) is 64.4 Å². The minimum absolute atomic E-state index is 0.0938. The molecule has 0 radical (unpaired) electrons. The van der Waals surface area contributed by atoms with Crippen LogP contribution >= 0.6 is 15.9 Å². The molecule has 1 saturated heterocycles. The monoisotopic (exact) mass is 454 g/mol. The summed E-state index contributed by atoms with van der Waals surface area (Å²) in [5, 5.41) is 2.88. The number of sulfonamides is 1. The number of amides is 1. The molecule has 144 valence electrons. The molecule has 0 atom stereocenters. The summed E-state index contributed by atoms with van der Waals surface area (Å²) in [7, 11) is -3.49. The Labute approximate surface area is 166 Å². The lowest BCUT2D eigenvalue weighted by atomic mass is 9.97. The molecule has 0 aliphatic carbocycles. The van der Waals surface area contributed by atoms with Crippen LogP contribution in [0.3, 0.4) is 0 Å². The largest absolute Gasteiger partial charge is 0.326 e. The van der Waals surface area contributed by atoms with Gasteiger partial charge in [-0.1, -0.05) is 34.1 Å². The van der Waals surface area contributed by atoms with Crippen LogP contribution in [0, 0.1) is 11.7 Å². The fourth-order valence-corrected chi connectivity index (χ4v) is 5.05. The van der Waals surface area contributed by atoms with Crippen LogP contribution in [-0.2, 0) is 20.6 Å². The molecular formula is C19H20BrFN2O3S. The molecule has 0 aromatic heterocycles. The highest BCUT2D eigenvalue weighted by Gasteiger charge is 2.31. The van der Waals surface area contributed by atoms with Crippen LogP contribution < -0.4 is 5.32 Å². The Morgan fingerprint density at radius 3 is 2.44 bits per heavy atom. The minimum atomic E-state index is -3.49. The number of carbonyl (C=O) groups is 1. The molecule has 0 bridgehead atoms. The molecule has 1 aliphatic rings.